The Labute approximate surface area is 163 Å². The van der Waals surface area contributed by atoms with E-state index in [9.17, 15) is 13.2 Å². The Bertz CT molecular complexity index is 934. The lowest BCUT2D eigenvalue weighted by molar-refractivity contribution is 0.0758. The van der Waals surface area contributed by atoms with Crippen molar-refractivity contribution in [3.63, 3.8) is 0 Å². The molecule has 146 valence electrons. The maximum Gasteiger partial charge on any atom is 0.214 e. The Hall–Kier alpha value is -1.84. The normalized spacial score (nSPS) is 15.5. The van der Waals surface area contributed by atoms with Gasteiger partial charge in [0.1, 0.15) is 22.6 Å². The molecule has 1 aliphatic rings. The number of pyridine rings is 1. The van der Waals surface area contributed by atoms with Crippen LogP contribution >= 0.6 is 11.3 Å². The van der Waals surface area contributed by atoms with Crippen molar-refractivity contribution in [2.24, 2.45) is 0 Å². The monoisotopic (exact) mass is 409 g/mol. The number of aryl methyl sites for hydroxylation is 2. The number of Topliss-reactive ketones (excluding diaryl/α,β-unsaturated/α-hetero) is 1. The molecule has 0 atom stereocenters. The maximum absolute atomic E-state index is 12.5. The van der Waals surface area contributed by atoms with Gasteiger partial charge in [-0.2, -0.15) is 4.31 Å². The number of ketones is 1. The molecule has 0 spiro atoms. The van der Waals surface area contributed by atoms with Crippen molar-refractivity contribution < 1.29 is 17.9 Å². The van der Waals surface area contributed by atoms with Crippen LogP contribution in [0.25, 0.3) is 0 Å². The van der Waals surface area contributed by atoms with Crippen molar-refractivity contribution in [1.29, 1.82) is 0 Å². The van der Waals surface area contributed by atoms with Crippen LogP contribution < -0.4 is 4.74 Å². The highest BCUT2D eigenvalue weighted by molar-refractivity contribution is 7.89. The largest absolute Gasteiger partial charge is 0.488 e. The predicted octanol–water partition coefficient (Wildman–Crippen LogP) is 2.38. The van der Waals surface area contributed by atoms with Gasteiger partial charge in [-0.25, -0.2) is 18.4 Å². The molecule has 0 amide bonds. The average molecular weight is 410 g/mol. The molecular formula is C18H23N3O4S2. The third-order valence-corrected chi connectivity index (χ3v) is 7.14. The maximum atomic E-state index is 12.5. The lowest BCUT2D eigenvalue weighted by Crippen LogP contribution is -2.56. The number of rotatable bonds is 8. The van der Waals surface area contributed by atoms with Gasteiger partial charge in [0.25, 0.3) is 0 Å². The van der Waals surface area contributed by atoms with Crippen LogP contribution in [-0.4, -0.2) is 53.4 Å². The summed E-state index contributed by atoms with van der Waals surface area (Å²) in [7, 11) is -3.18. The van der Waals surface area contributed by atoms with E-state index in [0.29, 0.717) is 36.6 Å². The number of nitrogens with zero attached hydrogens (tertiary/aromatic N) is 3. The summed E-state index contributed by atoms with van der Waals surface area (Å²) in [6, 6.07) is 3.38. The van der Waals surface area contributed by atoms with E-state index in [4.69, 9.17) is 4.74 Å². The molecule has 0 aliphatic carbocycles. The molecule has 27 heavy (non-hydrogen) atoms. The Balaban J connectivity index is 1.63. The van der Waals surface area contributed by atoms with Gasteiger partial charge in [0.15, 0.2) is 5.78 Å². The van der Waals surface area contributed by atoms with Gasteiger partial charge in [0.2, 0.25) is 10.0 Å². The standard InChI is InChI=1S/C18H23N3O4S2/c1-4-5-27(23,24)21-9-15(10-21)25-14-6-12(2)19-16(7-14)17(22)8-18-20-13(3)11-26-18/h6-7,11,15H,4-5,8-10H2,1-3H3. The first-order chi connectivity index (χ1) is 12.8. The van der Waals surface area contributed by atoms with E-state index >= 15 is 0 Å². The number of aromatic nitrogens is 2. The van der Waals surface area contributed by atoms with E-state index in [2.05, 4.69) is 9.97 Å². The fourth-order valence-corrected chi connectivity index (χ4v) is 5.17. The van der Waals surface area contributed by atoms with Gasteiger partial charge < -0.3 is 4.74 Å². The third-order valence-electron chi connectivity index (χ3n) is 4.16. The summed E-state index contributed by atoms with van der Waals surface area (Å²) in [5, 5.41) is 2.68. The number of sulfonamides is 1. The van der Waals surface area contributed by atoms with Gasteiger partial charge in [0, 0.05) is 28.9 Å². The minimum Gasteiger partial charge on any atom is -0.488 e. The zero-order valence-electron chi connectivity index (χ0n) is 15.6. The van der Waals surface area contributed by atoms with Crippen LogP contribution in [0.2, 0.25) is 0 Å². The van der Waals surface area contributed by atoms with E-state index in [1.807, 2.05) is 19.2 Å². The molecule has 0 radical (unpaired) electrons. The summed E-state index contributed by atoms with van der Waals surface area (Å²) in [6.07, 6.45) is 0.599. The molecule has 0 aromatic carbocycles. The molecular weight excluding hydrogens is 386 g/mol. The second-order valence-electron chi connectivity index (χ2n) is 6.68. The first-order valence-corrected chi connectivity index (χ1v) is 11.3. The van der Waals surface area contributed by atoms with Crippen LogP contribution in [-0.2, 0) is 16.4 Å². The summed E-state index contributed by atoms with van der Waals surface area (Å²) in [5.74, 6) is 0.584. The molecule has 0 saturated carbocycles. The van der Waals surface area contributed by atoms with Crippen molar-refractivity contribution in [3.8, 4) is 5.75 Å². The van der Waals surface area contributed by atoms with Gasteiger partial charge >= 0.3 is 0 Å². The van der Waals surface area contributed by atoms with Crippen LogP contribution in [0.4, 0.5) is 0 Å². The summed E-state index contributed by atoms with van der Waals surface area (Å²) in [5.41, 5.74) is 1.92. The number of thiazole rings is 1. The van der Waals surface area contributed by atoms with Crippen LogP contribution in [0.5, 0.6) is 5.75 Å². The average Bonchev–Trinajstić information content (AvgIpc) is 2.94. The lowest BCUT2D eigenvalue weighted by Gasteiger charge is -2.37. The fraction of sp³-hybridized carbons (Fsp3) is 0.500. The van der Waals surface area contributed by atoms with Gasteiger partial charge in [0.05, 0.1) is 25.3 Å². The zero-order valence-corrected chi connectivity index (χ0v) is 17.3. The van der Waals surface area contributed by atoms with E-state index in [0.717, 1.165) is 10.7 Å². The molecule has 7 nitrogen and oxygen atoms in total. The highest BCUT2D eigenvalue weighted by Gasteiger charge is 2.36. The van der Waals surface area contributed by atoms with Crippen molar-refractivity contribution in [2.75, 3.05) is 18.8 Å². The van der Waals surface area contributed by atoms with Gasteiger partial charge in [-0.1, -0.05) is 6.92 Å². The molecule has 2 aromatic heterocycles. The molecule has 3 heterocycles. The Morgan fingerprint density at radius 3 is 2.63 bits per heavy atom. The zero-order chi connectivity index (χ0) is 19.6. The van der Waals surface area contributed by atoms with Crippen molar-refractivity contribution in [1.82, 2.24) is 14.3 Å². The lowest BCUT2D eigenvalue weighted by atomic mass is 10.1. The van der Waals surface area contributed by atoms with Gasteiger partial charge in [-0.15, -0.1) is 11.3 Å². The predicted molar refractivity (Wildman–Crippen MR) is 104 cm³/mol. The number of carbonyl (C=O) groups is 1. The molecule has 1 fully saturated rings. The Kier molecular flexibility index (Phi) is 5.92. The molecule has 0 bridgehead atoms. The second kappa shape index (κ2) is 8.04. The van der Waals surface area contributed by atoms with Gasteiger partial charge in [-0.3, -0.25) is 4.79 Å². The van der Waals surface area contributed by atoms with Crippen LogP contribution in [0.1, 0.15) is 40.2 Å². The first-order valence-electron chi connectivity index (χ1n) is 8.84. The van der Waals surface area contributed by atoms with Crippen molar-refractivity contribution >= 4 is 27.1 Å². The topological polar surface area (TPSA) is 89.5 Å². The number of ether oxygens (including phenoxy) is 1. The minimum atomic E-state index is -3.18. The second-order valence-corrected chi connectivity index (χ2v) is 9.72. The molecule has 0 unspecified atom stereocenters. The molecule has 0 N–H and O–H groups in total. The quantitative estimate of drug-likeness (QED) is 0.622. The highest BCUT2D eigenvalue weighted by atomic mass is 32.2. The summed E-state index contributed by atoms with van der Waals surface area (Å²) < 4.78 is 31.3. The number of hydrogen-bond donors (Lipinski definition) is 0. The SMILES string of the molecule is CCCS(=O)(=O)N1CC(Oc2cc(C)nc(C(=O)Cc3nc(C)cs3)c2)C1. The third kappa shape index (κ3) is 4.91. The van der Waals surface area contributed by atoms with E-state index in [1.54, 1.807) is 19.1 Å². The van der Waals surface area contributed by atoms with Gasteiger partial charge in [-0.05, 0) is 20.3 Å². The fourth-order valence-electron chi connectivity index (χ4n) is 2.84. The molecule has 3 rings (SSSR count). The summed E-state index contributed by atoms with van der Waals surface area (Å²) >= 11 is 1.46. The van der Waals surface area contributed by atoms with Crippen LogP contribution in [0.15, 0.2) is 17.5 Å². The van der Waals surface area contributed by atoms with Crippen LogP contribution in [0, 0.1) is 13.8 Å². The van der Waals surface area contributed by atoms with Crippen molar-refractivity contribution in [2.45, 2.75) is 39.7 Å². The molecule has 1 aliphatic heterocycles. The smallest absolute Gasteiger partial charge is 0.214 e. The van der Waals surface area contributed by atoms with E-state index < -0.39 is 10.0 Å². The Morgan fingerprint density at radius 1 is 1.26 bits per heavy atom. The minimum absolute atomic E-state index is 0.112. The van der Waals surface area contributed by atoms with Crippen molar-refractivity contribution in [3.05, 3.63) is 39.6 Å². The molecule has 2 aromatic rings. The number of carbonyl (C=O) groups excluding carboxylic acids is 1. The van der Waals surface area contributed by atoms with E-state index in [1.165, 1.54) is 15.6 Å². The first kappa shape index (κ1) is 19.9. The molecule has 1 saturated heterocycles. The summed E-state index contributed by atoms with van der Waals surface area (Å²) in [6.45, 7) is 6.22. The number of hydrogen-bond acceptors (Lipinski definition) is 7. The highest BCUT2D eigenvalue weighted by Crippen LogP contribution is 2.23. The summed E-state index contributed by atoms with van der Waals surface area (Å²) in [4.78, 5) is 21.1. The van der Waals surface area contributed by atoms with Crippen LogP contribution in [0.3, 0.4) is 0 Å². The molecule has 9 heteroatoms. The van der Waals surface area contributed by atoms with E-state index in [-0.39, 0.29) is 24.1 Å². The Morgan fingerprint density at radius 2 is 2.00 bits per heavy atom.